The lowest BCUT2D eigenvalue weighted by atomic mass is 9.94. The molecule has 1 saturated heterocycles. The molecular weight excluding hydrogens is 396 g/mol. The van der Waals surface area contributed by atoms with Gasteiger partial charge in [0.05, 0.1) is 4.90 Å². The van der Waals surface area contributed by atoms with Gasteiger partial charge in [-0.05, 0) is 67.1 Å². The molecule has 1 amide bonds. The molecule has 150 valence electrons. The van der Waals surface area contributed by atoms with Gasteiger partial charge in [0.25, 0.3) is 5.91 Å². The maximum Gasteiger partial charge on any atom is 0.255 e. The molecule has 0 aliphatic carbocycles. The highest BCUT2D eigenvalue weighted by atomic mass is 35.5. The molecule has 1 aliphatic heterocycles. The van der Waals surface area contributed by atoms with Crippen LogP contribution in [0.5, 0.6) is 0 Å². The molecule has 7 heteroatoms. The first-order chi connectivity index (χ1) is 13.2. The summed E-state index contributed by atoms with van der Waals surface area (Å²) in [5.41, 5.74) is 1.77. The van der Waals surface area contributed by atoms with Crippen molar-refractivity contribution in [1.29, 1.82) is 0 Å². The SMILES string of the molecule is Cc1cc(Cl)ccc1NC(=O)c1cccc(S(=O)(=O)N2CC(C)CC(C)C2)c1. The first kappa shape index (κ1) is 20.8. The smallest absolute Gasteiger partial charge is 0.255 e. The number of nitrogens with zero attached hydrogens (tertiary/aromatic N) is 1. The number of rotatable bonds is 4. The first-order valence-electron chi connectivity index (χ1n) is 9.34. The van der Waals surface area contributed by atoms with Crippen molar-refractivity contribution in [3.05, 3.63) is 58.6 Å². The molecule has 5 nitrogen and oxygen atoms in total. The normalized spacial score (nSPS) is 20.7. The second-order valence-electron chi connectivity index (χ2n) is 7.71. The minimum atomic E-state index is -3.63. The number of carbonyl (C=O) groups excluding carboxylic acids is 1. The zero-order valence-electron chi connectivity index (χ0n) is 16.3. The number of piperidine rings is 1. The molecule has 1 aliphatic rings. The lowest BCUT2D eigenvalue weighted by molar-refractivity contribution is 0.102. The number of aryl methyl sites for hydroxylation is 1. The summed E-state index contributed by atoms with van der Waals surface area (Å²) in [7, 11) is -3.63. The predicted octanol–water partition coefficient (Wildman–Crippen LogP) is 4.57. The van der Waals surface area contributed by atoms with Gasteiger partial charge in [-0.2, -0.15) is 4.31 Å². The highest BCUT2D eigenvalue weighted by molar-refractivity contribution is 7.89. The van der Waals surface area contributed by atoms with Crippen molar-refractivity contribution in [2.24, 2.45) is 11.8 Å². The first-order valence-corrected chi connectivity index (χ1v) is 11.2. The van der Waals surface area contributed by atoms with E-state index in [1.54, 1.807) is 36.4 Å². The summed E-state index contributed by atoms with van der Waals surface area (Å²) in [6.07, 6.45) is 1.02. The fraction of sp³-hybridized carbons (Fsp3) is 0.381. The van der Waals surface area contributed by atoms with Crippen molar-refractivity contribution in [1.82, 2.24) is 4.31 Å². The van der Waals surface area contributed by atoms with Gasteiger partial charge in [0.2, 0.25) is 10.0 Å². The zero-order chi connectivity index (χ0) is 20.5. The van der Waals surface area contributed by atoms with Gasteiger partial charge in [-0.15, -0.1) is 0 Å². The number of sulfonamides is 1. The van der Waals surface area contributed by atoms with E-state index in [9.17, 15) is 13.2 Å². The van der Waals surface area contributed by atoms with E-state index in [0.717, 1.165) is 12.0 Å². The van der Waals surface area contributed by atoms with E-state index in [0.29, 0.717) is 41.2 Å². The number of benzene rings is 2. The Labute approximate surface area is 171 Å². The van der Waals surface area contributed by atoms with Crippen LogP contribution in [0, 0.1) is 18.8 Å². The second-order valence-corrected chi connectivity index (χ2v) is 10.1. The van der Waals surface area contributed by atoms with E-state index in [2.05, 4.69) is 19.2 Å². The average molecular weight is 421 g/mol. The lowest BCUT2D eigenvalue weighted by Crippen LogP contribution is -2.42. The molecule has 1 heterocycles. The van der Waals surface area contributed by atoms with Gasteiger partial charge in [0, 0.05) is 29.4 Å². The molecule has 2 aromatic carbocycles. The number of carbonyl (C=O) groups is 1. The maximum atomic E-state index is 13.1. The van der Waals surface area contributed by atoms with E-state index in [4.69, 9.17) is 11.6 Å². The van der Waals surface area contributed by atoms with Gasteiger partial charge in [0.15, 0.2) is 0 Å². The van der Waals surface area contributed by atoms with E-state index in [1.165, 1.54) is 10.4 Å². The Morgan fingerprint density at radius 3 is 2.43 bits per heavy atom. The Balaban J connectivity index is 1.84. The molecule has 0 aromatic heterocycles. The Bertz CT molecular complexity index is 981. The summed E-state index contributed by atoms with van der Waals surface area (Å²) in [5, 5.41) is 3.41. The standard InChI is InChI=1S/C21H25ClN2O3S/c1-14-9-15(2)13-24(12-14)28(26,27)19-6-4-5-17(11-19)21(25)23-20-8-7-18(22)10-16(20)3/h4-8,10-11,14-15H,9,12-13H2,1-3H3,(H,23,25). The summed E-state index contributed by atoms with van der Waals surface area (Å²) in [4.78, 5) is 12.8. The number of hydrogen-bond donors (Lipinski definition) is 1. The molecule has 2 unspecified atom stereocenters. The predicted molar refractivity (Wildman–Crippen MR) is 112 cm³/mol. The summed E-state index contributed by atoms with van der Waals surface area (Å²) in [6.45, 7) is 6.99. The van der Waals surface area contributed by atoms with Crippen LogP contribution >= 0.6 is 11.6 Å². The summed E-state index contributed by atoms with van der Waals surface area (Å²) < 4.78 is 27.7. The van der Waals surface area contributed by atoms with Crippen molar-refractivity contribution in [3.8, 4) is 0 Å². The van der Waals surface area contributed by atoms with Gasteiger partial charge < -0.3 is 5.32 Å². The number of nitrogens with one attached hydrogen (secondary N) is 1. The summed E-state index contributed by atoms with van der Waals surface area (Å²) in [6, 6.07) is 11.4. The van der Waals surface area contributed by atoms with Gasteiger partial charge in [0.1, 0.15) is 0 Å². The number of hydrogen-bond acceptors (Lipinski definition) is 3. The largest absolute Gasteiger partial charge is 0.322 e. The molecule has 2 aromatic rings. The Hall–Kier alpha value is -1.89. The van der Waals surface area contributed by atoms with Crippen LogP contribution in [0.1, 0.15) is 36.2 Å². The maximum absolute atomic E-state index is 13.1. The monoisotopic (exact) mass is 420 g/mol. The van der Waals surface area contributed by atoms with Gasteiger partial charge in [-0.3, -0.25) is 4.79 Å². The van der Waals surface area contributed by atoms with Crippen LogP contribution in [0.4, 0.5) is 5.69 Å². The van der Waals surface area contributed by atoms with Crippen molar-refractivity contribution in [2.45, 2.75) is 32.1 Å². The molecule has 1 N–H and O–H groups in total. The van der Waals surface area contributed by atoms with E-state index < -0.39 is 10.0 Å². The van der Waals surface area contributed by atoms with Crippen LogP contribution in [-0.2, 0) is 10.0 Å². The molecule has 0 saturated carbocycles. The highest BCUT2D eigenvalue weighted by Gasteiger charge is 2.32. The van der Waals surface area contributed by atoms with E-state index in [-0.39, 0.29) is 10.8 Å². The van der Waals surface area contributed by atoms with Gasteiger partial charge in [-0.1, -0.05) is 31.5 Å². The highest BCUT2D eigenvalue weighted by Crippen LogP contribution is 2.27. The van der Waals surface area contributed by atoms with Crippen LogP contribution in [0.2, 0.25) is 5.02 Å². The number of amides is 1. The number of halogens is 1. The topological polar surface area (TPSA) is 66.5 Å². The van der Waals surface area contributed by atoms with Crippen molar-refractivity contribution in [3.63, 3.8) is 0 Å². The average Bonchev–Trinajstić information content (AvgIpc) is 2.63. The Morgan fingerprint density at radius 1 is 1.11 bits per heavy atom. The summed E-state index contributed by atoms with van der Waals surface area (Å²) >= 11 is 5.95. The lowest BCUT2D eigenvalue weighted by Gasteiger charge is -2.34. The molecule has 3 rings (SSSR count). The third-order valence-corrected chi connectivity index (χ3v) is 7.07. The van der Waals surface area contributed by atoms with Crippen molar-refractivity contribution < 1.29 is 13.2 Å². The van der Waals surface area contributed by atoms with Crippen LogP contribution < -0.4 is 5.32 Å². The summed E-state index contributed by atoms with van der Waals surface area (Å²) in [5.74, 6) is 0.277. The molecule has 0 radical (unpaired) electrons. The van der Waals surface area contributed by atoms with Gasteiger partial charge in [-0.25, -0.2) is 8.42 Å². The quantitative estimate of drug-likeness (QED) is 0.787. The fourth-order valence-corrected chi connectivity index (χ4v) is 5.66. The number of anilines is 1. The Kier molecular flexibility index (Phi) is 6.12. The minimum absolute atomic E-state index is 0.147. The molecule has 1 fully saturated rings. The van der Waals surface area contributed by atoms with Gasteiger partial charge >= 0.3 is 0 Å². The molecule has 2 atom stereocenters. The van der Waals surface area contributed by atoms with Crippen LogP contribution in [0.25, 0.3) is 0 Å². The molecule has 0 spiro atoms. The molecule has 0 bridgehead atoms. The second kappa shape index (κ2) is 8.23. The van der Waals surface area contributed by atoms with Crippen molar-refractivity contribution >= 4 is 33.2 Å². The van der Waals surface area contributed by atoms with Crippen molar-refractivity contribution in [2.75, 3.05) is 18.4 Å². The Morgan fingerprint density at radius 2 is 1.79 bits per heavy atom. The van der Waals surface area contributed by atoms with E-state index in [1.807, 2.05) is 6.92 Å². The molecule has 28 heavy (non-hydrogen) atoms. The zero-order valence-corrected chi connectivity index (χ0v) is 17.8. The third kappa shape index (κ3) is 4.57. The van der Waals surface area contributed by atoms with E-state index >= 15 is 0 Å². The van der Waals surface area contributed by atoms with Crippen LogP contribution in [0.3, 0.4) is 0 Å². The minimum Gasteiger partial charge on any atom is -0.322 e. The fourth-order valence-electron chi connectivity index (χ4n) is 3.71. The van der Waals surface area contributed by atoms with Crippen LogP contribution in [-0.4, -0.2) is 31.7 Å². The molecular formula is C21H25ClN2O3S. The van der Waals surface area contributed by atoms with Crippen LogP contribution in [0.15, 0.2) is 47.4 Å². The third-order valence-electron chi connectivity index (χ3n) is 5.01.